The van der Waals surface area contributed by atoms with Gasteiger partial charge in [0, 0.05) is 6.07 Å². The summed E-state index contributed by atoms with van der Waals surface area (Å²) in [5.41, 5.74) is 1.10. The van der Waals surface area contributed by atoms with Crippen molar-refractivity contribution >= 4 is 11.9 Å². The summed E-state index contributed by atoms with van der Waals surface area (Å²) < 4.78 is 18.3. The molecule has 1 heterocycles. The Morgan fingerprint density at radius 2 is 1.29 bits per heavy atom. The van der Waals surface area contributed by atoms with E-state index in [2.05, 4.69) is 0 Å². The van der Waals surface area contributed by atoms with E-state index in [1.807, 2.05) is 42.1 Å². The van der Waals surface area contributed by atoms with Crippen LogP contribution < -0.4 is 38.0 Å². The zero-order valence-electron chi connectivity index (χ0n) is 20.0. The van der Waals surface area contributed by atoms with Gasteiger partial charge in [-0.3, -0.25) is 0 Å². The average Bonchev–Trinajstić information content (AvgIpc) is 2.86. The first-order valence-corrected chi connectivity index (χ1v) is 11.7. The van der Waals surface area contributed by atoms with Gasteiger partial charge in [-0.25, -0.2) is 14.2 Å². The van der Waals surface area contributed by atoms with Crippen LogP contribution in [0.4, 0.5) is 0 Å². The highest BCUT2D eigenvalue weighted by Crippen LogP contribution is 2.19. The number of aryl methyl sites for hydroxylation is 1. The molecule has 0 atom stereocenters. The van der Waals surface area contributed by atoms with E-state index in [0.717, 1.165) is 44.3 Å². The van der Waals surface area contributed by atoms with Gasteiger partial charge >= 0.3 is 11.9 Å². The Bertz CT molecular complexity index is 1040. The van der Waals surface area contributed by atoms with Gasteiger partial charge in [-0.05, 0) is 55.3 Å². The van der Waals surface area contributed by atoms with E-state index < -0.39 is 0 Å². The quantitative estimate of drug-likeness (QED) is 0.101. The van der Waals surface area contributed by atoms with Gasteiger partial charge in [-0.15, -0.1) is 0 Å². The number of ether oxygens (including phenoxy) is 3. The highest BCUT2D eigenvalue weighted by atomic mass is 127. The number of aromatic nitrogens is 1. The maximum atomic E-state index is 12.1. The molecule has 0 N–H and O–H groups in total. The number of benzene rings is 2. The Hall–Kier alpha value is -2.94. The van der Waals surface area contributed by atoms with Gasteiger partial charge in [0.2, 0.25) is 0 Å². The molecule has 7 heteroatoms. The van der Waals surface area contributed by atoms with Crippen molar-refractivity contribution in [3.8, 4) is 11.5 Å². The highest BCUT2D eigenvalue weighted by molar-refractivity contribution is 5.91. The number of halogens is 1. The van der Waals surface area contributed by atoms with E-state index in [4.69, 9.17) is 14.2 Å². The third kappa shape index (κ3) is 10.5. The summed E-state index contributed by atoms with van der Waals surface area (Å²) in [5, 5.41) is 0. The SMILES string of the molecule is C[n+]1cccc(C(=O)OCCCCCCCCOc2ccc(OC(=O)c3ccccc3)cc2)c1.[I-]. The molecule has 3 aromatic rings. The first-order chi connectivity index (χ1) is 16.6. The molecule has 0 fully saturated rings. The molecular weight excluding hydrogens is 557 g/mol. The van der Waals surface area contributed by atoms with Crippen molar-refractivity contribution < 1.29 is 52.3 Å². The summed E-state index contributed by atoms with van der Waals surface area (Å²) in [6, 6.07) is 19.6. The maximum Gasteiger partial charge on any atom is 0.344 e. The second-order valence-corrected chi connectivity index (χ2v) is 8.09. The normalized spacial score (nSPS) is 10.2. The molecule has 0 spiro atoms. The third-order valence-corrected chi connectivity index (χ3v) is 5.26. The van der Waals surface area contributed by atoms with E-state index in [1.54, 1.807) is 48.7 Å². The number of carbonyl (C=O) groups is 2. The van der Waals surface area contributed by atoms with Gasteiger partial charge in [0.15, 0.2) is 12.4 Å². The van der Waals surface area contributed by atoms with Crippen LogP contribution in [-0.2, 0) is 11.8 Å². The van der Waals surface area contributed by atoms with Gasteiger partial charge in [-0.1, -0.05) is 43.9 Å². The standard InChI is InChI=1S/C28H32NO5.HI/c1-29-19-11-14-24(22-29)27(30)33-21-10-5-3-2-4-9-20-32-25-15-17-26(18-16-25)34-28(31)23-12-7-6-8-13-23;/h6-8,11-19,22H,2-5,9-10,20-21H2,1H3;1H/q+1;/p-1. The predicted octanol–water partition coefficient (Wildman–Crippen LogP) is 2.31. The lowest BCUT2D eigenvalue weighted by Gasteiger charge is -2.08. The lowest BCUT2D eigenvalue weighted by atomic mass is 10.1. The van der Waals surface area contributed by atoms with Crippen LogP contribution >= 0.6 is 0 Å². The zero-order chi connectivity index (χ0) is 24.0. The fourth-order valence-corrected chi connectivity index (χ4v) is 3.40. The molecule has 0 saturated heterocycles. The van der Waals surface area contributed by atoms with Gasteiger partial charge in [0.05, 0.1) is 18.8 Å². The molecule has 0 saturated carbocycles. The van der Waals surface area contributed by atoms with E-state index in [9.17, 15) is 9.59 Å². The summed E-state index contributed by atoms with van der Waals surface area (Å²) in [6.45, 7) is 1.10. The first-order valence-electron chi connectivity index (χ1n) is 11.7. The summed E-state index contributed by atoms with van der Waals surface area (Å²) in [7, 11) is 1.88. The molecule has 6 nitrogen and oxygen atoms in total. The Kier molecular flexibility index (Phi) is 12.8. The highest BCUT2D eigenvalue weighted by Gasteiger charge is 2.10. The molecular formula is C28H32INO5. The number of unbranched alkanes of at least 4 members (excludes halogenated alkanes) is 5. The average molecular weight is 589 g/mol. The van der Waals surface area contributed by atoms with E-state index in [1.165, 1.54) is 0 Å². The minimum atomic E-state index is -0.377. The van der Waals surface area contributed by atoms with Gasteiger partial charge < -0.3 is 38.2 Å². The molecule has 0 unspecified atom stereocenters. The summed E-state index contributed by atoms with van der Waals surface area (Å²) in [6.07, 6.45) is 9.86. The molecule has 1 aromatic heterocycles. The first kappa shape index (κ1) is 28.3. The lowest BCUT2D eigenvalue weighted by Crippen LogP contribution is -3.00. The fourth-order valence-electron chi connectivity index (χ4n) is 3.40. The second-order valence-electron chi connectivity index (χ2n) is 8.09. The summed E-state index contributed by atoms with van der Waals surface area (Å²) in [4.78, 5) is 24.1. The van der Waals surface area contributed by atoms with Gasteiger partial charge in [0.1, 0.15) is 24.1 Å². The van der Waals surface area contributed by atoms with Crippen molar-refractivity contribution in [3.63, 3.8) is 0 Å². The Morgan fingerprint density at radius 1 is 0.686 bits per heavy atom. The number of hydrogen-bond donors (Lipinski definition) is 0. The lowest BCUT2D eigenvalue weighted by molar-refractivity contribution is -0.671. The van der Waals surface area contributed by atoms with Crippen LogP contribution in [0.2, 0.25) is 0 Å². The molecule has 0 aliphatic rings. The smallest absolute Gasteiger partial charge is 0.344 e. The predicted molar refractivity (Wildman–Crippen MR) is 129 cm³/mol. The van der Waals surface area contributed by atoms with Crippen molar-refractivity contribution in [2.45, 2.75) is 38.5 Å². The van der Waals surface area contributed by atoms with Crippen LogP contribution in [0.1, 0.15) is 59.2 Å². The minimum Gasteiger partial charge on any atom is -1.00 e. The number of esters is 2. The van der Waals surface area contributed by atoms with Crippen LogP contribution in [0.25, 0.3) is 0 Å². The van der Waals surface area contributed by atoms with Gasteiger partial charge in [-0.2, -0.15) is 0 Å². The number of pyridine rings is 1. The Labute approximate surface area is 224 Å². The van der Waals surface area contributed by atoms with Crippen molar-refractivity contribution in [2.75, 3.05) is 13.2 Å². The fraction of sp³-hybridized carbons (Fsp3) is 0.321. The molecule has 0 bridgehead atoms. The molecule has 186 valence electrons. The number of rotatable bonds is 13. The Morgan fingerprint density at radius 3 is 1.97 bits per heavy atom. The maximum absolute atomic E-state index is 12.1. The van der Waals surface area contributed by atoms with E-state index >= 15 is 0 Å². The molecule has 0 aliphatic heterocycles. The van der Waals surface area contributed by atoms with Crippen molar-refractivity contribution in [1.82, 2.24) is 0 Å². The molecule has 0 amide bonds. The van der Waals surface area contributed by atoms with Crippen LogP contribution in [0.3, 0.4) is 0 Å². The minimum absolute atomic E-state index is 0. The summed E-state index contributed by atoms with van der Waals surface area (Å²) in [5.74, 6) is 0.603. The summed E-state index contributed by atoms with van der Waals surface area (Å²) >= 11 is 0. The number of carbonyl (C=O) groups excluding carboxylic acids is 2. The molecule has 0 radical (unpaired) electrons. The third-order valence-electron chi connectivity index (χ3n) is 5.26. The zero-order valence-corrected chi connectivity index (χ0v) is 22.2. The monoisotopic (exact) mass is 589 g/mol. The van der Waals surface area contributed by atoms with Crippen LogP contribution in [0.5, 0.6) is 11.5 Å². The molecule has 35 heavy (non-hydrogen) atoms. The van der Waals surface area contributed by atoms with Crippen molar-refractivity contribution in [1.29, 1.82) is 0 Å². The van der Waals surface area contributed by atoms with Crippen LogP contribution in [0.15, 0.2) is 79.1 Å². The Balaban J connectivity index is 0.00000432. The van der Waals surface area contributed by atoms with E-state index in [-0.39, 0.29) is 35.9 Å². The topological polar surface area (TPSA) is 65.7 Å². The van der Waals surface area contributed by atoms with Crippen LogP contribution in [-0.4, -0.2) is 25.2 Å². The van der Waals surface area contributed by atoms with Gasteiger partial charge in [0.25, 0.3) is 0 Å². The molecule has 3 rings (SSSR count). The van der Waals surface area contributed by atoms with Crippen molar-refractivity contribution in [3.05, 3.63) is 90.3 Å². The van der Waals surface area contributed by atoms with E-state index in [0.29, 0.717) is 30.1 Å². The van der Waals surface area contributed by atoms with Crippen molar-refractivity contribution in [2.24, 2.45) is 7.05 Å². The van der Waals surface area contributed by atoms with Crippen LogP contribution in [0, 0.1) is 0 Å². The molecule has 0 aliphatic carbocycles. The molecule has 2 aromatic carbocycles. The largest absolute Gasteiger partial charge is 1.00 e. The number of nitrogens with zero attached hydrogens (tertiary/aromatic N) is 1. The second kappa shape index (κ2) is 15.9. The number of hydrogen-bond acceptors (Lipinski definition) is 5.